The first-order valence-electron chi connectivity index (χ1n) is 10.3. The highest BCUT2D eigenvalue weighted by atomic mass is 16.2. The molecule has 1 heterocycles. The lowest BCUT2D eigenvalue weighted by molar-refractivity contribution is -0.124. The normalized spacial score (nSPS) is 13.9. The number of hydrogen-bond acceptors (Lipinski definition) is 4. The zero-order valence-electron chi connectivity index (χ0n) is 17.3. The fourth-order valence-corrected chi connectivity index (χ4v) is 3.02. The Labute approximate surface area is 173 Å². The molecule has 0 radical (unpaired) electrons. The van der Waals surface area contributed by atoms with Crippen molar-refractivity contribution in [2.24, 2.45) is 11.7 Å². The van der Waals surface area contributed by atoms with Crippen molar-refractivity contribution in [3.8, 4) is 0 Å². The van der Waals surface area contributed by atoms with E-state index in [-0.39, 0.29) is 23.8 Å². The quantitative estimate of drug-likeness (QED) is 0.509. The average Bonchev–Trinajstić information content (AvgIpc) is 2.76. The molecule has 0 saturated carbocycles. The van der Waals surface area contributed by atoms with Gasteiger partial charge >= 0.3 is 0 Å². The number of pyridine rings is 1. The maximum Gasteiger partial charge on any atom is 0.237 e. The summed E-state index contributed by atoms with van der Waals surface area (Å²) in [6.07, 6.45) is 4.14. The first-order valence-corrected chi connectivity index (χ1v) is 10.3. The van der Waals surface area contributed by atoms with Crippen molar-refractivity contribution in [1.29, 1.82) is 0 Å². The lowest BCUT2D eigenvalue weighted by Gasteiger charge is -2.20. The summed E-state index contributed by atoms with van der Waals surface area (Å²) < 4.78 is 0. The second kappa shape index (κ2) is 12.0. The lowest BCUT2D eigenvalue weighted by atomic mass is 9.99. The number of benzene rings is 1. The van der Waals surface area contributed by atoms with Crippen LogP contribution in [0.15, 0.2) is 54.7 Å². The Morgan fingerprint density at radius 2 is 1.83 bits per heavy atom. The largest absolute Gasteiger partial charge is 0.355 e. The zero-order chi connectivity index (χ0) is 21.1. The number of carbonyl (C=O) groups excluding carboxylic acids is 2. The van der Waals surface area contributed by atoms with E-state index in [1.807, 2.05) is 62.4 Å². The van der Waals surface area contributed by atoms with Crippen molar-refractivity contribution in [3.63, 3.8) is 0 Å². The highest BCUT2D eigenvalue weighted by Crippen LogP contribution is 2.17. The maximum absolute atomic E-state index is 12.5. The van der Waals surface area contributed by atoms with E-state index in [0.717, 1.165) is 17.7 Å². The summed E-state index contributed by atoms with van der Waals surface area (Å²) >= 11 is 0. The second-order valence-electron chi connectivity index (χ2n) is 7.36. The van der Waals surface area contributed by atoms with Crippen molar-refractivity contribution in [3.05, 3.63) is 66.0 Å². The Kier molecular flexibility index (Phi) is 9.31. The average molecular weight is 397 g/mol. The van der Waals surface area contributed by atoms with E-state index >= 15 is 0 Å². The van der Waals surface area contributed by atoms with E-state index < -0.39 is 6.04 Å². The van der Waals surface area contributed by atoms with E-state index in [0.29, 0.717) is 25.8 Å². The SMILES string of the molecule is CCC(C)C(N)C(=O)NCCCC(=O)NC(Cc1ccccn1)c1ccccc1. The highest BCUT2D eigenvalue weighted by Gasteiger charge is 2.19. The molecule has 0 bridgehead atoms. The highest BCUT2D eigenvalue weighted by molar-refractivity contribution is 5.81. The maximum atomic E-state index is 12.5. The van der Waals surface area contributed by atoms with Crippen LogP contribution in [-0.2, 0) is 16.0 Å². The fraction of sp³-hybridized carbons (Fsp3) is 0.435. The van der Waals surface area contributed by atoms with Gasteiger partial charge in [0, 0.05) is 31.3 Å². The molecule has 0 fully saturated rings. The molecular formula is C23H32N4O2. The molecule has 0 saturated heterocycles. The number of nitrogens with zero attached hydrogens (tertiary/aromatic N) is 1. The molecule has 2 aromatic rings. The number of carbonyl (C=O) groups is 2. The fourth-order valence-electron chi connectivity index (χ4n) is 3.02. The van der Waals surface area contributed by atoms with E-state index in [1.54, 1.807) is 6.20 Å². The van der Waals surface area contributed by atoms with Crippen molar-refractivity contribution in [2.45, 2.75) is 51.6 Å². The van der Waals surface area contributed by atoms with Gasteiger partial charge in [0.15, 0.2) is 0 Å². The molecule has 0 aliphatic heterocycles. The van der Waals surface area contributed by atoms with Crippen molar-refractivity contribution in [2.75, 3.05) is 6.54 Å². The van der Waals surface area contributed by atoms with Crippen LogP contribution in [0.5, 0.6) is 0 Å². The summed E-state index contributed by atoms with van der Waals surface area (Å²) in [5.74, 6) is -0.0659. The van der Waals surface area contributed by atoms with Gasteiger partial charge in [0.05, 0.1) is 12.1 Å². The molecule has 2 amide bonds. The van der Waals surface area contributed by atoms with Gasteiger partial charge in [-0.15, -0.1) is 0 Å². The third-order valence-electron chi connectivity index (χ3n) is 5.12. The molecule has 0 aliphatic carbocycles. The van der Waals surface area contributed by atoms with Crippen molar-refractivity contribution >= 4 is 11.8 Å². The predicted octanol–water partition coefficient (Wildman–Crippen LogP) is 2.75. The first kappa shape index (κ1) is 22.6. The van der Waals surface area contributed by atoms with Crippen LogP contribution >= 0.6 is 0 Å². The van der Waals surface area contributed by atoms with Gasteiger partial charge in [-0.05, 0) is 30.0 Å². The predicted molar refractivity (Wildman–Crippen MR) is 115 cm³/mol. The summed E-state index contributed by atoms with van der Waals surface area (Å²) in [6.45, 7) is 4.41. The smallest absolute Gasteiger partial charge is 0.237 e. The number of nitrogens with two attached hydrogens (primary N) is 1. The van der Waals surface area contributed by atoms with Crippen LogP contribution in [0.2, 0.25) is 0 Å². The van der Waals surface area contributed by atoms with Crippen LogP contribution in [-0.4, -0.2) is 29.4 Å². The van der Waals surface area contributed by atoms with Crippen molar-refractivity contribution < 1.29 is 9.59 Å². The van der Waals surface area contributed by atoms with E-state index in [9.17, 15) is 9.59 Å². The Hall–Kier alpha value is -2.73. The molecule has 1 aromatic heterocycles. The monoisotopic (exact) mass is 396 g/mol. The van der Waals surface area contributed by atoms with Crippen LogP contribution in [0, 0.1) is 5.92 Å². The molecule has 6 nitrogen and oxygen atoms in total. The number of aromatic nitrogens is 1. The van der Waals surface area contributed by atoms with Crippen LogP contribution in [0.4, 0.5) is 0 Å². The number of rotatable bonds is 11. The molecule has 6 heteroatoms. The van der Waals surface area contributed by atoms with Crippen LogP contribution in [0.3, 0.4) is 0 Å². The molecule has 3 atom stereocenters. The first-order chi connectivity index (χ1) is 14.0. The molecule has 29 heavy (non-hydrogen) atoms. The van der Waals surface area contributed by atoms with Crippen LogP contribution in [0.1, 0.15) is 50.4 Å². The topological polar surface area (TPSA) is 97.1 Å². The Morgan fingerprint density at radius 1 is 1.10 bits per heavy atom. The Morgan fingerprint density at radius 3 is 2.48 bits per heavy atom. The van der Waals surface area contributed by atoms with Gasteiger partial charge in [-0.25, -0.2) is 0 Å². The minimum atomic E-state index is -0.505. The van der Waals surface area contributed by atoms with E-state index in [4.69, 9.17) is 5.73 Å². The summed E-state index contributed by atoms with van der Waals surface area (Å²) in [6, 6.07) is 15.0. The van der Waals surface area contributed by atoms with Gasteiger partial charge in [-0.2, -0.15) is 0 Å². The summed E-state index contributed by atoms with van der Waals surface area (Å²) in [4.78, 5) is 28.9. The molecular weight excluding hydrogens is 364 g/mol. The number of amides is 2. The van der Waals surface area contributed by atoms with Gasteiger partial charge in [0.1, 0.15) is 0 Å². The molecule has 156 valence electrons. The summed E-state index contributed by atoms with van der Waals surface area (Å²) in [5, 5.41) is 5.93. The van der Waals surface area contributed by atoms with Gasteiger partial charge < -0.3 is 16.4 Å². The number of hydrogen-bond donors (Lipinski definition) is 3. The molecule has 4 N–H and O–H groups in total. The summed E-state index contributed by atoms with van der Waals surface area (Å²) in [5.41, 5.74) is 7.88. The molecule has 1 aromatic carbocycles. The van der Waals surface area contributed by atoms with E-state index in [2.05, 4.69) is 15.6 Å². The Balaban J connectivity index is 1.84. The van der Waals surface area contributed by atoms with E-state index in [1.165, 1.54) is 0 Å². The molecule has 2 rings (SSSR count). The minimum absolute atomic E-state index is 0.0461. The standard InChI is InChI=1S/C23H32N4O2/c1-3-17(2)22(24)23(29)26-15-9-13-21(28)27-20(18-10-5-4-6-11-18)16-19-12-7-8-14-25-19/h4-8,10-12,14,17,20,22H,3,9,13,15-16,24H2,1-2H3,(H,26,29)(H,27,28). The number of nitrogens with one attached hydrogen (secondary N) is 2. The molecule has 0 aliphatic rings. The lowest BCUT2D eigenvalue weighted by Crippen LogP contribution is -2.45. The molecule has 0 spiro atoms. The second-order valence-corrected chi connectivity index (χ2v) is 7.36. The van der Waals surface area contributed by atoms with Gasteiger partial charge in [-0.1, -0.05) is 56.7 Å². The minimum Gasteiger partial charge on any atom is -0.355 e. The summed E-state index contributed by atoms with van der Waals surface area (Å²) in [7, 11) is 0. The Bertz CT molecular complexity index is 752. The van der Waals surface area contributed by atoms with Gasteiger partial charge in [0.2, 0.25) is 11.8 Å². The third-order valence-corrected chi connectivity index (χ3v) is 5.12. The van der Waals surface area contributed by atoms with Gasteiger partial charge in [0.25, 0.3) is 0 Å². The van der Waals surface area contributed by atoms with Crippen molar-refractivity contribution in [1.82, 2.24) is 15.6 Å². The van der Waals surface area contributed by atoms with Crippen LogP contribution < -0.4 is 16.4 Å². The van der Waals surface area contributed by atoms with Crippen LogP contribution in [0.25, 0.3) is 0 Å². The molecule has 3 unspecified atom stereocenters. The van der Waals surface area contributed by atoms with Gasteiger partial charge in [-0.3, -0.25) is 14.6 Å². The zero-order valence-corrected chi connectivity index (χ0v) is 17.3. The third kappa shape index (κ3) is 7.66.